The highest BCUT2D eigenvalue weighted by Gasteiger charge is 2.21. The number of carbonyl (C=O) groups excluding carboxylic acids is 1. The topological polar surface area (TPSA) is 68.0 Å². The van der Waals surface area contributed by atoms with Gasteiger partial charge in [0.15, 0.2) is 11.6 Å². The van der Waals surface area contributed by atoms with Gasteiger partial charge in [0.2, 0.25) is 0 Å². The van der Waals surface area contributed by atoms with E-state index in [1.165, 1.54) is 12.3 Å². The third-order valence-corrected chi connectivity index (χ3v) is 2.50. The second-order valence-electron chi connectivity index (χ2n) is 4.25. The van der Waals surface area contributed by atoms with Gasteiger partial charge in [0.05, 0.1) is 5.56 Å². The Hall–Kier alpha value is -1.65. The Kier molecular flexibility index (Phi) is 3.47. The monoisotopic (exact) mass is 225 g/mol. The summed E-state index contributed by atoms with van der Waals surface area (Å²) < 4.78 is 13.5. The number of halogens is 1. The molecule has 0 aliphatic heterocycles. The number of hydrogen-bond acceptors (Lipinski definition) is 3. The van der Waals surface area contributed by atoms with Crippen molar-refractivity contribution in [1.29, 1.82) is 0 Å². The Morgan fingerprint density at radius 3 is 2.81 bits per heavy atom. The van der Waals surface area contributed by atoms with Gasteiger partial charge >= 0.3 is 0 Å². The highest BCUT2D eigenvalue weighted by atomic mass is 19.1. The van der Waals surface area contributed by atoms with E-state index in [1.54, 1.807) is 0 Å². The Morgan fingerprint density at radius 1 is 1.62 bits per heavy atom. The maximum Gasteiger partial charge on any atom is 0.254 e. The molecule has 1 rings (SSSR count). The Morgan fingerprint density at radius 2 is 2.25 bits per heavy atom. The van der Waals surface area contributed by atoms with Crippen LogP contribution in [0.2, 0.25) is 0 Å². The summed E-state index contributed by atoms with van der Waals surface area (Å²) in [6, 6.07) is 1.31. The molecule has 0 fully saturated rings. The van der Waals surface area contributed by atoms with E-state index >= 15 is 0 Å². The third-order valence-electron chi connectivity index (χ3n) is 2.50. The molecule has 0 atom stereocenters. The molecule has 3 N–H and O–H groups in total. The number of amides is 1. The highest BCUT2D eigenvalue weighted by Crippen LogP contribution is 2.14. The summed E-state index contributed by atoms with van der Waals surface area (Å²) in [5.41, 5.74) is 4.84. The van der Waals surface area contributed by atoms with Crippen molar-refractivity contribution in [3.05, 3.63) is 23.6 Å². The normalized spacial score (nSPS) is 11.2. The van der Waals surface area contributed by atoms with Crippen LogP contribution in [0.3, 0.4) is 0 Å². The first-order valence-corrected chi connectivity index (χ1v) is 5.10. The van der Waals surface area contributed by atoms with Crippen LogP contribution >= 0.6 is 0 Å². The van der Waals surface area contributed by atoms with E-state index in [4.69, 9.17) is 5.73 Å². The molecule has 0 spiro atoms. The number of carbonyl (C=O) groups is 1. The van der Waals surface area contributed by atoms with E-state index in [0.29, 0.717) is 0 Å². The van der Waals surface area contributed by atoms with E-state index in [0.717, 1.165) is 6.42 Å². The van der Waals surface area contributed by atoms with Crippen LogP contribution in [-0.4, -0.2) is 16.4 Å². The number of anilines is 1. The van der Waals surface area contributed by atoms with Crippen LogP contribution in [0, 0.1) is 5.82 Å². The highest BCUT2D eigenvalue weighted by molar-refractivity contribution is 5.95. The van der Waals surface area contributed by atoms with Crippen molar-refractivity contribution in [3.8, 4) is 0 Å². The summed E-state index contributed by atoms with van der Waals surface area (Å²) in [4.78, 5) is 15.3. The average Bonchev–Trinajstić information content (AvgIpc) is 2.21. The van der Waals surface area contributed by atoms with Crippen LogP contribution in [0.5, 0.6) is 0 Å². The molecule has 1 amide bonds. The van der Waals surface area contributed by atoms with E-state index in [-0.39, 0.29) is 16.9 Å². The van der Waals surface area contributed by atoms with E-state index in [2.05, 4.69) is 10.3 Å². The van der Waals surface area contributed by atoms with Crippen molar-refractivity contribution in [2.75, 3.05) is 5.73 Å². The van der Waals surface area contributed by atoms with Gasteiger partial charge in [-0.3, -0.25) is 4.79 Å². The van der Waals surface area contributed by atoms with Crippen LogP contribution in [0.1, 0.15) is 37.6 Å². The molecule has 5 heteroatoms. The molecule has 0 saturated carbocycles. The van der Waals surface area contributed by atoms with Gasteiger partial charge in [-0.15, -0.1) is 0 Å². The van der Waals surface area contributed by atoms with Crippen molar-refractivity contribution in [3.63, 3.8) is 0 Å². The number of nitrogens with one attached hydrogen (secondary N) is 1. The zero-order valence-electron chi connectivity index (χ0n) is 9.67. The minimum Gasteiger partial charge on any atom is -0.381 e. The molecule has 0 saturated heterocycles. The van der Waals surface area contributed by atoms with Crippen molar-refractivity contribution in [2.45, 2.75) is 32.7 Å². The Balaban J connectivity index is 2.94. The van der Waals surface area contributed by atoms with Crippen LogP contribution in [-0.2, 0) is 0 Å². The van der Waals surface area contributed by atoms with Crippen molar-refractivity contribution >= 4 is 11.7 Å². The standard InChI is InChI=1S/C11H16FN3O/c1-4-11(2,3)15-10(16)7-5-6-14-9(13)8(7)12/h5-6H,4H2,1-3H3,(H2,13,14)(H,15,16). The lowest BCUT2D eigenvalue weighted by atomic mass is 10.0. The quantitative estimate of drug-likeness (QED) is 0.823. The maximum absolute atomic E-state index is 13.5. The molecule has 0 bridgehead atoms. The average molecular weight is 225 g/mol. The number of rotatable bonds is 3. The lowest BCUT2D eigenvalue weighted by Crippen LogP contribution is -2.43. The lowest BCUT2D eigenvalue weighted by molar-refractivity contribution is 0.0907. The minimum atomic E-state index is -0.771. The molecule has 0 aliphatic carbocycles. The zero-order valence-corrected chi connectivity index (χ0v) is 9.67. The summed E-state index contributed by atoms with van der Waals surface area (Å²) in [6.07, 6.45) is 2.06. The number of pyridine rings is 1. The largest absolute Gasteiger partial charge is 0.381 e. The Labute approximate surface area is 94.1 Å². The summed E-state index contributed by atoms with van der Waals surface area (Å²) >= 11 is 0. The molecule has 88 valence electrons. The number of aromatic nitrogens is 1. The van der Waals surface area contributed by atoms with Gasteiger partial charge in [-0.25, -0.2) is 9.37 Å². The molecule has 0 radical (unpaired) electrons. The number of nitrogens with two attached hydrogens (primary N) is 1. The minimum absolute atomic E-state index is 0.0750. The molecule has 1 heterocycles. The zero-order chi connectivity index (χ0) is 12.3. The fourth-order valence-corrected chi connectivity index (χ4v) is 1.10. The molecule has 1 aromatic heterocycles. The molecular weight excluding hydrogens is 209 g/mol. The predicted molar refractivity (Wildman–Crippen MR) is 60.4 cm³/mol. The van der Waals surface area contributed by atoms with Crippen LogP contribution < -0.4 is 11.1 Å². The number of nitrogens with zero attached hydrogens (tertiary/aromatic N) is 1. The molecule has 0 aromatic carbocycles. The second-order valence-corrected chi connectivity index (χ2v) is 4.25. The van der Waals surface area contributed by atoms with Crippen molar-refractivity contribution < 1.29 is 9.18 Å². The van der Waals surface area contributed by atoms with E-state index in [9.17, 15) is 9.18 Å². The Bertz CT molecular complexity index is 404. The molecule has 16 heavy (non-hydrogen) atoms. The van der Waals surface area contributed by atoms with Gasteiger partial charge in [0.1, 0.15) is 0 Å². The molecule has 1 aromatic rings. The van der Waals surface area contributed by atoms with Gasteiger partial charge in [-0.2, -0.15) is 0 Å². The van der Waals surface area contributed by atoms with E-state index < -0.39 is 11.7 Å². The summed E-state index contributed by atoms with van der Waals surface area (Å²) in [7, 11) is 0. The summed E-state index contributed by atoms with van der Waals surface area (Å²) in [5, 5.41) is 2.73. The number of hydrogen-bond donors (Lipinski definition) is 2. The fraction of sp³-hybridized carbons (Fsp3) is 0.455. The lowest BCUT2D eigenvalue weighted by Gasteiger charge is -2.24. The first-order valence-electron chi connectivity index (χ1n) is 5.10. The molecular formula is C11H16FN3O. The number of nitrogen functional groups attached to an aromatic ring is 1. The van der Waals surface area contributed by atoms with Crippen LogP contribution in [0.15, 0.2) is 12.3 Å². The van der Waals surface area contributed by atoms with E-state index in [1.807, 2.05) is 20.8 Å². The fourth-order valence-electron chi connectivity index (χ4n) is 1.10. The SMILES string of the molecule is CCC(C)(C)NC(=O)c1ccnc(N)c1F. The summed E-state index contributed by atoms with van der Waals surface area (Å²) in [6.45, 7) is 5.68. The molecule has 4 nitrogen and oxygen atoms in total. The second kappa shape index (κ2) is 4.47. The van der Waals surface area contributed by atoms with Gasteiger partial charge in [0.25, 0.3) is 5.91 Å². The van der Waals surface area contributed by atoms with Crippen LogP contribution in [0.4, 0.5) is 10.2 Å². The molecule has 0 aliphatic rings. The van der Waals surface area contributed by atoms with Gasteiger partial charge in [-0.1, -0.05) is 6.92 Å². The van der Waals surface area contributed by atoms with Gasteiger partial charge < -0.3 is 11.1 Å². The maximum atomic E-state index is 13.5. The smallest absolute Gasteiger partial charge is 0.254 e. The third kappa shape index (κ3) is 2.68. The molecule has 0 unspecified atom stereocenters. The van der Waals surface area contributed by atoms with Crippen molar-refractivity contribution in [1.82, 2.24) is 10.3 Å². The van der Waals surface area contributed by atoms with Gasteiger partial charge in [0, 0.05) is 11.7 Å². The van der Waals surface area contributed by atoms with Gasteiger partial charge in [-0.05, 0) is 26.3 Å². The summed E-state index contributed by atoms with van der Waals surface area (Å²) in [5.74, 6) is -1.51. The first kappa shape index (κ1) is 12.4. The van der Waals surface area contributed by atoms with Crippen molar-refractivity contribution in [2.24, 2.45) is 0 Å². The van der Waals surface area contributed by atoms with Crippen LogP contribution in [0.25, 0.3) is 0 Å². The first-order chi connectivity index (χ1) is 7.37. The predicted octanol–water partition coefficient (Wildman–Crippen LogP) is 1.72.